The van der Waals surface area contributed by atoms with Crippen LogP contribution in [0.15, 0.2) is 0 Å². The molecule has 22 heavy (non-hydrogen) atoms. The van der Waals surface area contributed by atoms with E-state index in [1.165, 1.54) is 0 Å². The third kappa shape index (κ3) is 12.7. The molecule has 0 aromatic carbocycles. The number of unbranched alkanes of at least 4 members (excludes halogenated alkanes) is 5. The van der Waals surface area contributed by atoms with Crippen LogP contribution in [0, 0.1) is 0 Å². The van der Waals surface area contributed by atoms with Gasteiger partial charge in [-0.2, -0.15) is 0 Å². The van der Waals surface area contributed by atoms with Crippen LogP contribution in [0.5, 0.6) is 0 Å². The quantitative estimate of drug-likeness (QED) is 0.341. The summed E-state index contributed by atoms with van der Waals surface area (Å²) >= 11 is 0. The summed E-state index contributed by atoms with van der Waals surface area (Å²) in [5, 5.41) is 0. The SMILES string of the molecule is CCCCCC(=O)OCC(CCCC)OC(=O)CCCCC. The third-order valence-corrected chi connectivity index (χ3v) is 3.58. The Bertz CT molecular complexity index is 289. The normalized spacial score (nSPS) is 12.0. The Hall–Kier alpha value is -1.06. The topological polar surface area (TPSA) is 52.6 Å². The number of carbonyl (C=O) groups is 2. The van der Waals surface area contributed by atoms with E-state index in [0.29, 0.717) is 12.8 Å². The third-order valence-electron chi connectivity index (χ3n) is 3.58. The van der Waals surface area contributed by atoms with E-state index in [4.69, 9.17) is 9.47 Å². The highest BCUT2D eigenvalue weighted by molar-refractivity contribution is 5.70. The van der Waals surface area contributed by atoms with Crippen LogP contribution in [0.3, 0.4) is 0 Å². The van der Waals surface area contributed by atoms with Crippen LogP contribution in [0.2, 0.25) is 0 Å². The molecule has 0 radical (unpaired) electrons. The number of ether oxygens (including phenoxy) is 2. The minimum atomic E-state index is -0.288. The van der Waals surface area contributed by atoms with Crippen LogP contribution in [0.25, 0.3) is 0 Å². The van der Waals surface area contributed by atoms with Crippen LogP contribution in [0.1, 0.15) is 91.4 Å². The minimum absolute atomic E-state index is 0.170. The van der Waals surface area contributed by atoms with Crippen molar-refractivity contribution in [1.82, 2.24) is 0 Å². The van der Waals surface area contributed by atoms with Crippen LogP contribution in [-0.4, -0.2) is 24.6 Å². The number of rotatable bonds is 14. The molecule has 4 nitrogen and oxygen atoms in total. The molecule has 4 heteroatoms. The van der Waals surface area contributed by atoms with Crippen molar-refractivity contribution in [2.75, 3.05) is 6.61 Å². The van der Waals surface area contributed by atoms with E-state index in [1.807, 2.05) is 0 Å². The molecule has 0 heterocycles. The Kier molecular flexibility index (Phi) is 14.1. The van der Waals surface area contributed by atoms with Gasteiger partial charge in [0.05, 0.1) is 0 Å². The van der Waals surface area contributed by atoms with Crippen LogP contribution < -0.4 is 0 Å². The van der Waals surface area contributed by atoms with E-state index in [2.05, 4.69) is 20.8 Å². The standard InChI is InChI=1S/C18H34O4/c1-4-7-10-13-17(19)21-15-16(12-9-6-3)22-18(20)14-11-8-5-2/h16H,4-15H2,1-3H3. The minimum Gasteiger partial charge on any atom is -0.462 e. The highest BCUT2D eigenvalue weighted by atomic mass is 16.6. The maximum absolute atomic E-state index is 11.8. The molecule has 0 aliphatic heterocycles. The van der Waals surface area contributed by atoms with Gasteiger partial charge in [0.1, 0.15) is 12.7 Å². The summed E-state index contributed by atoms with van der Waals surface area (Å²) in [6.07, 6.45) is 9.39. The van der Waals surface area contributed by atoms with Crippen molar-refractivity contribution in [1.29, 1.82) is 0 Å². The van der Waals surface area contributed by atoms with Gasteiger partial charge in [0.25, 0.3) is 0 Å². The molecule has 0 aliphatic rings. The lowest BCUT2D eigenvalue weighted by molar-refractivity contribution is -0.159. The first-order valence-corrected chi connectivity index (χ1v) is 8.99. The van der Waals surface area contributed by atoms with Gasteiger partial charge in [-0.25, -0.2) is 0 Å². The zero-order valence-electron chi connectivity index (χ0n) is 14.7. The maximum atomic E-state index is 11.8. The van der Waals surface area contributed by atoms with Crippen molar-refractivity contribution in [3.8, 4) is 0 Å². The fourth-order valence-corrected chi connectivity index (χ4v) is 2.15. The summed E-state index contributed by atoms with van der Waals surface area (Å²) in [6.45, 7) is 6.50. The Morgan fingerprint density at radius 3 is 1.86 bits per heavy atom. The molecule has 1 unspecified atom stereocenters. The van der Waals surface area contributed by atoms with Gasteiger partial charge in [-0.15, -0.1) is 0 Å². The van der Waals surface area contributed by atoms with Crippen LogP contribution in [-0.2, 0) is 19.1 Å². The average molecular weight is 314 g/mol. The fourth-order valence-electron chi connectivity index (χ4n) is 2.15. The Morgan fingerprint density at radius 1 is 0.773 bits per heavy atom. The van der Waals surface area contributed by atoms with Gasteiger partial charge in [0, 0.05) is 12.8 Å². The van der Waals surface area contributed by atoms with E-state index in [-0.39, 0.29) is 24.6 Å². The van der Waals surface area contributed by atoms with E-state index < -0.39 is 0 Å². The van der Waals surface area contributed by atoms with Gasteiger partial charge in [-0.05, 0) is 25.7 Å². The van der Waals surface area contributed by atoms with Crippen molar-refractivity contribution in [2.45, 2.75) is 97.5 Å². The largest absolute Gasteiger partial charge is 0.462 e. The molecule has 0 saturated carbocycles. The number of hydrogen-bond acceptors (Lipinski definition) is 4. The number of esters is 2. The summed E-state index contributed by atoms with van der Waals surface area (Å²) < 4.78 is 10.7. The van der Waals surface area contributed by atoms with Gasteiger partial charge in [0.2, 0.25) is 0 Å². The second kappa shape index (κ2) is 14.9. The summed E-state index contributed by atoms with van der Waals surface area (Å²) in [5.74, 6) is -0.353. The van der Waals surface area contributed by atoms with E-state index in [0.717, 1.165) is 57.8 Å². The summed E-state index contributed by atoms with van der Waals surface area (Å²) in [5.41, 5.74) is 0. The van der Waals surface area contributed by atoms with Gasteiger partial charge in [-0.1, -0.05) is 52.9 Å². The highest BCUT2D eigenvalue weighted by Crippen LogP contribution is 2.10. The molecule has 0 aromatic heterocycles. The monoisotopic (exact) mass is 314 g/mol. The molecule has 0 amide bonds. The molecule has 0 saturated heterocycles. The molecule has 0 rings (SSSR count). The van der Waals surface area contributed by atoms with Gasteiger partial charge >= 0.3 is 11.9 Å². The van der Waals surface area contributed by atoms with Crippen LogP contribution >= 0.6 is 0 Å². The first kappa shape index (κ1) is 20.9. The molecule has 130 valence electrons. The summed E-state index contributed by atoms with van der Waals surface area (Å²) in [4.78, 5) is 23.4. The predicted molar refractivity (Wildman–Crippen MR) is 88.6 cm³/mol. The summed E-state index contributed by atoms with van der Waals surface area (Å²) in [7, 11) is 0. The van der Waals surface area contributed by atoms with Crippen molar-refractivity contribution in [2.24, 2.45) is 0 Å². The molecular weight excluding hydrogens is 280 g/mol. The Balaban J connectivity index is 4.05. The lowest BCUT2D eigenvalue weighted by Crippen LogP contribution is -2.25. The van der Waals surface area contributed by atoms with Crippen molar-refractivity contribution >= 4 is 11.9 Å². The highest BCUT2D eigenvalue weighted by Gasteiger charge is 2.16. The smallest absolute Gasteiger partial charge is 0.306 e. The second-order valence-electron chi connectivity index (χ2n) is 5.85. The summed E-state index contributed by atoms with van der Waals surface area (Å²) in [6, 6.07) is 0. The molecule has 0 fully saturated rings. The van der Waals surface area contributed by atoms with Crippen molar-refractivity contribution in [3.05, 3.63) is 0 Å². The van der Waals surface area contributed by atoms with E-state index >= 15 is 0 Å². The van der Waals surface area contributed by atoms with Gasteiger partial charge < -0.3 is 9.47 Å². The maximum Gasteiger partial charge on any atom is 0.306 e. The molecule has 0 bridgehead atoms. The Labute approximate surface area is 135 Å². The Morgan fingerprint density at radius 2 is 1.32 bits per heavy atom. The van der Waals surface area contributed by atoms with Gasteiger partial charge in [-0.3, -0.25) is 9.59 Å². The first-order valence-electron chi connectivity index (χ1n) is 8.99. The van der Waals surface area contributed by atoms with Gasteiger partial charge in [0.15, 0.2) is 0 Å². The molecule has 0 N–H and O–H groups in total. The first-order chi connectivity index (χ1) is 10.6. The van der Waals surface area contributed by atoms with E-state index in [9.17, 15) is 9.59 Å². The van der Waals surface area contributed by atoms with Crippen molar-refractivity contribution in [3.63, 3.8) is 0 Å². The number of carbonyl (C=O) groups excluding carboxylic acids is 2. The lowest BCUT2D eigenvalue weighted by atomic mass is 10.1. The molecular formula is C18H34O4. The predicted octanol–water partition coefficient (Wildman–Crippen LogP) is 4.79. The van der Waals surface area contributed by atoms with E-state index in [1.54, 1.807) is 0 Å². The second-order valence-corrected chi connectivity index (χ2v) is 5.85. The lowest BCUT2D eigenvalue weighted by Gasteiger charge is -2.18. The zero-order valence-corrected chi connectivity index (χ0v) is 14.7. The van der Waals surface area contributed by atoms with Crippen LogP contribution in [0.4, 0.5) is 0 Å². The molecule has 0 aliphatic carbocycles. The fraction of sp³-hybridized carbons (Fsp3) is 0.889. The van der Waals surface area contributed by atoms with Crippen molar-refractivity contribution < 1.29 is 19.1 Å². The molecule has 0 spiro atoms. The molecule has 1 atom stereocenters. The number of hydrogen-bond donors (Lipinski definition) is 0. The zero-order chi connectivity index (χ0) is 16.6. The molecule has 0 aromatic rings. The average Bonchev–Trinajstić information content (AvgIpc) is 2.50.